The lowest BCUT2D eigenvalue weighted by molar-refractivity contribution is -0.144. The lowest BCUT2D eigenvalue weighted by Crippen LogP contribution is -2.61. The van der Waals surface area contributed by atoms with Crippen molar-refractivity contribution in [3.05, 3.63) is 59.7 Å². The number of aliphatic hydroxyl groups is 1. The van der Waals surface area contributed by atoms with Crippen LogP contribution in [-0.2, 0) is 94.3 Å². The summed E-state index contributed by atoms with van der Waals surface area (Å²) in [7, 11) is 11.7. The first kappa shape index (κ1) is 108. The molecule has 1 aliphatic rings. The van der Waals surface area contributed by atoms with Crippen LogP contribution in [0.4, 0.5) is 0 Å². The smallest absolute Gasteiger partial charge is 0.323 e. The lowest BCUT2D eigenvalue weighted by atomic mass is 10.0. The van der Waals surface area contributed by atoms with Crippen LogP contribution in [0.3, 0.4) is 0 Å². The van der Waals surface area contributed by atoms with Gasteiger partial charge in [-0.3, -0.25) is 87.9 Å². The van der Waals surface area contributed by atoms with Crippen molar-refractivity contribution in [1.82, 2.24) is 68.8 Å². The Labute approximate surface area is 718 Å². The number of aliphatic hydroxyl groups excluding tert-OH is 1. The first-order valence-electron chi connectivity index (χ1n) is 34.2. The van der Waals surface area contributed by atoms with Crippen LogP contribution in [0.1, 0.15) is 57.1 Å². The molecule has 0 radical (unpaired) electrons. The molecule has 5 unspecified atom stereocenters. The highest BCUT2D eigenvalue weighted by Gasteiger charge is 2.41. The van der Waals surface area contributed by atoms with Gasteiger partial charge in [0.1, 0.15) is 84.0 Å². The van der Waals surface area contributed by atoms with E-state index in [9.17, 15) is 97.1 Å². The van der Waals surface area contributed by atoms with Crippen molar-refractivity contribution in [2.75, 3.05) is 92.3 Å². The Morgan fingerprint density at radius 2 is 0.904 bits per heavy atom. The number of nitrogens with one attached hydrogen (secondary N) is 12. The number of amides is 12. The molecule has 0 aromatic heterocycles. The molecule has 114 heavy (non-hydrogen) atoms. The van der Waals surface area contributed by atoms with Gasteiger partial charge in [-0.15, -0.1) is 0 Å². The number of phenolic OH excluding ortho intramolecular Hbond substituents is 2. The molecule has 2 aromatic rings. The first-order chi connectivity index (χ1) is 53.9. The number of Topliss-reactive ketones (excluding diaryl/α,β-unsaturated/α-hetero) is 2. The van der Waals surface area contributed by atoms with E-state index in [0.29, 0.717) is 11.1 Å². The number of esters is 1. The molecule has 1 fully saturated rings. The average molecular weight is 1830 g/mol. The fourth-order valence-electron chi connectivity index (χ4n) is 9.77. The second-order valence-corrected chi connectivity index (χ2v) is 34.2. The van der Waals surface area contributed by atoms with Crippen LogP contribution < -0.4 is 75.5 Å². The normalized spacial score (nSPS) is 15.4. The third-order valence-electron chi connectivity index (χ3n) is 15.9. The largest absolute Gasteiger partial charge is 0.508 e. The lowest BCUT2D eigenvalue weighted by Gasteiger charge is -2.29. The number of thiol groups is 6. The molecule has 0 aliphatic carbocycles. The standard InChI is InChI=1S/C60H87N15O21S6.3C2H6S2/c1-27(64-54(89)39(23-99)72-58(93)47(28(2)76)73-45(80)20-63-50(85)42(26-102)74-62)59(94)75-16-4-5-43(75)57(92)68-35(19-44(61)79)53(88)70-41(25-101)56(91)71-40(24-100)55(90)67-34(17-29-6-10-31(77)11-7-29)52(87)66-33(14-15-46(81)82)51(86)69-38(22-98)49(84)48(83)37(21-97)65-36(60(95)96-3)18-30-8-12-32(78)13-9-30;3*1-3-4-2/h6-13,27-28,33-43,47,65,74,76-78,97-102H,4-5,14-26,62H2,1-3H3,(H2,61,79)(H,63,85)(H,64,89)(H,66,87)(H,67,90)(H,68,92)(H,69,86)(H,70,88)(H,71,91)(H,72,93)(H,73,80)(H,81,82);3*1-2H3/t27?,28-,33?,34+,35?,36?,37+,38+,39+,40?,41+,42+,43+,47+;;;/m1.../s1. The molecular formula is C66H105N15O21S12. The Bertz CT molecular complexity index is 3430. The number of aromatic hydroxyl groups is 2. The number of hydrogen-bond donors (Lipinski definition) is 24. The number of phenols is 2. The van der Waals surface area contributed by atoms with Crippen LogP contribution in [0.15, 0.2) is 48.5 Å². The van der Waals surface area contributed by atoms with Gasteiger partial charge in [0, 0.05) is 53.9 Å². The van der Waals surface area contributed by atoms with E-state index in [1.807, 2.05) is 0 Å². The summed E-state index contributed by atoms with van der Waals surface area (Å²) in [6.45, 7) is 1.74. The maximum atomic E-state index is 14.4. The molecule has 3 rings (SSSR count). The first-order valence-corrected chi connectivity index (χ1v) is 46.9. The van der Waals surface area contributed by atoms with E-state index in [-0.39, 0.29) is 54.6 Å². The molecule has 1 aliphatic heterocycles. The van der Waals surface area contributed by atoms with Gasteiger partial charge in [0.25, 0.3) is 0 Å². The summed E-state index contributed by atoms with van der Waals surface area (Å²) in [5.74, 6) is -14.2. The van der Waals surface area contributed by atoms with Gasteiger partial charge in [-0.05, 0) is 112 Å². The fraction of sp³-hybridized carbons (Fsp3) is 0.576. The van der Waals surface area contributed by atoms with Gasteiger partial charge in [0.05, 0.1) is 32.2 Å². The molecule has 20 N–H and O–H groups in total. The van der Waals surface area contributed by atoms with Gasteiger partial charge in [-0.25, -0.2) is 5.43 Å². The number of carbonyl (C=O) groups is 16. The summed E-state index contributed by atoms with van der Waals surface area (Å²) in [5, 5.41) is 65.9. The summed E-state index contributed by atoms with van der Waals surface area (Å²) in [6.07, 6.45) is 8.35. The number of benzene rings is 2. The van der Waals surface area contributed by atoms with Gasteiger partial charge < -0.3 is 89.0 Å². The molecule has 2 aromatic carbocycles. The van der Waals surface area contributed by atoms with E-state index in [4.69, 9.17) is 16.3 Å². The number of primary amides is 1. The van der Waals surface area contributed by atoms with E-state index in [1.54, 1.807) is 64.8 Å². The fourth-order valence-corrected chi connectivity index (χ4v) is 11.3. The SMILES string of the molecule is COC(=O)C(Cc1ccc(O)cc1)N[C@@H](CS)C(=O)C(=O)[C@H](CS)NC(=O)C(CCC(=O)O)NC(=O)[C@H](Cc1ccc(O)cc1)NC(=O)C(CS)NC(=O)[C@H](CS)NC(=O)C(CC(N)=O)NC(=O)[C@@H]1CCCN1C(=O)C(C)NC(=O)[C@H](CS)NC(=O)[C@@H](NC(=O)CNC(=O)[C@H](CS)NN)[C@@H](C)O.CSSC.CSSC.CSSC. The van der Waals surface area contributed by atoms with Crippen molar-refractivity contribution in [2.45, 2.75) is 143 Å². The Balaban J connectivity index is 0.00000989. The minimum atomic E-state index is -1.81. The Morgan fingerprint density at radius 1 is 0.509 bits per heavy atom. The quantitative estimate of drug-likeness (QED) is 0.00808. The second kappa shape index (κ2) is 60.5. The zero-order valence-corrected chi connectivity index (χ0v) is 74.0. The van der Waals surface area contributed by atoms with Crippen molar-refractivity contribution in [2.24, 2.45) is 11.6 Å². The van der Waals surface area contributed by atoms with E-state index < -0.39 is 229 Å². The molecule has 36 nitrogen and oxygen atoms in total. The van der Waals surface area contributed by atoms with Crippen molar-refractivity contribution in [1.29, 1.82) is 0 Å². The number of hydrogen-bond acceptors (Lipinski definition) is 35. The molecule has 1 heterocycles. The van der Waals surface area contributed by atoms with Crippen molar-refractivity contribution >= 4 is 235 Å². The zero-order chi connectivity index (χ0) is 86.9. The van der Waals surface area contributed by atoms with Crippen LogP contribution >= 0.6 is 141 Å². The molecule has 1 saturated heterocycles. The molecule has 48 heteroatoms. The van der Waals surface area contributed by atoms with Gasteiger partial charge in [0.15, 0.2) is 0 Å². The molecule has 14 atom stereocenters. The number of nitrogens with two attached hydrogens (primary N) is 2. The Hall–Kier alpha value is -6.00. The average Bonchev–Trinajstić information content (AvgIpc) is 1.65. The van der Waals surface area contributed by atoms with Crippen LogP contribution in [0.2, 0.25) is 0 Å². The van der Waals surface area contributed by atoms with Gasteiger partial charge in [-0.2, -0.15) is 75.8 Å². The predicted molar refractivity (Wildman–Crippen MR) is 465 cm³/mol. The summed E-state index contributed by atoms with van der Waals surface area (Å²) in [6, 6.07) is -8.84. The minimum absolute atomic E-state index is 0.00851. The van der Waals surface area contributed by atoms with Crippen molar-refractivity contribution < 1.29 is 102 Å². The van der Waals surface area contributed by atoms with Gasteiger partial charge in [-0.1, -0.05) is 89.0 Å². The van der Waals surface area contributed by atoms with Crippen LogP contribution in [0, 0.1) is 0 Å². The number of carboxylic acids is 1. The van der Waals surface area contributed by atoms with Gasteiger partial charge in [0.2, 0.25) is 82.5 Å². The number of rotatable bonds is 47. The summed E-state index contributed by atoms with van der Waals surface area (Å²) < 4.78 is 4.89. The maximum absolute atomic E-state index is 14.4. The highest BCUT2D eigenvalue weighted by atomic mass is 33.1. The Kier molecular flexibility index (Phi) is 57.3. The highest BCUT2D eigenvalue weighted by molar-refractivity contribution is 8.76. The number of aliphatic carboxylic acids is 1. The number of ether oxygens (including phenoxy) is 1. The summed E-state index contributed by atoms with van der Waals surface area (Å²) >= 11 is 24.8. The summed E-state index contributed by atoms with van der Waals surface area (Å²) in [5.41, 5.74) is 8.49. The molecule has 0 saturated carbocycles. The zero-order valence-electron chi connectivity index (χ0n) is 63.8. The number of hydrazine groups is 1. The minimum Gasteiger partial charge on any atom is -0.508 e. The number of ketones is 2. The topological polar surface area (TPSA) is 563 Å². The predicted octanol–water partition coefficient (Wildman–Crippen LogP) is -2.57. The number of likely N-dealkylation sites (tertiary alicyclic amines) is 1. The molecule has 0 spiro atoms. The van der Waals surface area contributed by atoms with E-state index in [1.165, 1.54) is 62.4 Å². The molecule has 12 amide bonds. The molecular weight excluding hydrogens is 1720 g/mol. The molecule has 642 valence electrons. The number of nitrogens with zero attached hydrogens (tertiary/aromatic N) is 1. The number of carboxylic acid groups (broad SMARTS) is 1. The van der Waals surface area contributed by atoms with Crippen LogP contribution in [0.25, 0.3) is 0 Å². The molecule has 0 bridgehead atoms. The Morgan fingerprint density at radius 3 is 1.32 bits per heavy atom. The third kappa shape index (κ3) is 40.9. The van der Waals surface area contributed by atoms with Crippen LogP contribution in [0.5, 0.6) is 11.5 Å². The van der Waals surface area contributed by atoms with Crippen molar-refractivity contribution in [3.63, 3.8) is 0 Å². The number of carbonyl (C=O) groups excluding carboxylic acids is 15. The van der Waals surface area contributed by atoms with E-state index in [0.717, 1.165) is 12.0 Å². The van der Waals surface area contributed by atoms with E-state index in [2.05, 4.69) is 177 Å². The second-order valence-electron chi connectivity index (χ2n) is 24.0. The van der Waals surface area contributed by atoms with E-state index >= 15 is 0 Å². The van der Waals surface area contributed by atoms with Crippen LogP contribution in [-0.4, -0.2) is 297 Å². The van der Waals surface area contributed by atoms with Gasteiger partial charge >= 0.3 is 11.9 Å². The number of methoxy groups -OCH3 is 1. The summed E-state index contributed by atoms with van der Waals surface area (Å²) in [4.78, 5) is 215. The highest BCUT2D eigenvalue weighted by Crippen LogP contribution is 2.21. The third-order valence-corrected chi connectivity index (χ3v) is 22.1. The maximum Gasteiger partial charge on any atom is 0.323 e. The monoisotopic (exact) mass is 1830 g/mol. The van der Waals surface area contributed by atoms with Crippen molar-refractivity contribution in [3.8, 4) is 11.5 Å².